The van der Waals surface area contributed by atoms with E-state index in [0.717, 1.165) is 30.4 Å². The summed E-state index contributed by atoms with van der Waals surface area (Å²) in [6.07, 6.45) is 2.59. The quantitative estimate of drug-likeness (QED) is 0.789. The number of ether oxygens (including phenoxy) is 1. The molecule has 0 amide bonds. The average Bonchev–Trinajstić information content (AvgIpc) is 2.33. The van der Waals surface area contributed by atoms with E-state index in [0.29, 0.717) is 12.7 Å². The van der Waals surface area contributed by atoms with Gasteiger partial charge in [-0.3, -0.25) is 0 Å². The first-order valence-corrected chi connectivity index (χ1v) is 7.12. The molecule has 0 saturated heterocycles. The molecule has 0 aliphatic carbocycles. The maximum atomic E-state index is 5.94. The number of rotatable bonds is 8. The van der Waals surface area contributed by atoms with Crippen LogP contribution in [0.15, 0.2) is 28.7 Å². The summed E-state index contributed by atoms with van der Waals surface area (Å²) in [5.41, 5.74) is 1.22. The Bertz CT molecular complexity index is 317. The monoisotopic (exact) mass is 299 g/mol. The Morgan fingerprint density at radius 3 is 2.82 bits per heavy atom. The summed E-state index contributed by atoms with van der Waals surface area (Å²) in [7, 11) is 0. The van der Waals surface area contributed by atoms with E-state index in [4.69, 9.17) is 4.74 Å². The molecule has 0 heterocycles. The van der Waals surface area contributed by atoms with E-state index < -0.39 is 0 Å². The Balaban J connectivity index is 2.39. The third-order valence-electron chi connectivity index (χ3n) is 2.61. The lowest BCUT2D eigenvalue weighted by Gasteiger charge is -2.17. The predicted octanol–water partition coefficient (Wildman–Crippen LogP) is 3.74. The second-order valence-electron chi connectivity index (χ2n) is 4.16. The van der Waals surface area contributed by atoms with Crippen LogP contribution in [0.2, 0.25) is 0 Å². The van der Waals surface area contributed by atoms with Crippen LogP contribution in [-0.4, -0.2) is 19.2 Å². The van der Waals surface area contributed by atoms with Crippen molar-refractivity contribution in [2.24, 2.45) is 0 Å². The van der Waals surface area contributed by atoms with Gasteiger partial charge in [0.05, 0.1) is 12.7 Å². The number of hydrogen-bond donors (Lipinski definition) is 1. The molecule has 1 rings (SSSR count). The first-order chi connectivity index (χ1) is 8.26. The van der Waals surface area contributed by atoms with Gasteiger partial charge in [-0.05, 0) is 30.7 Å². The summed E-state index contributed by atoms with van der Waals surface area (Å²) in [5, 5.41) is 3.35. The van der Waals surface area contributed by atoms with Crippen LogP contribution in [0.3, 0.4) is 0 Å². The molecule has 0 saturated carbocycles. The van der Waals surface area contributed by atoms with Crippen LogP contribution in [0.4, 0.5) is 0 Å². The van der Waals surface area contributed by atoms with Crippen LogP contribution in [0.25, 0.3) is 0 Å². The van der Waals surface area contributed by atoms with Gasteiger partial charge >= 0.3 is 0 Å². The van der Waals surface area contributed by atoms with E-state index in [1.165, 1.54) is 5.56 Å². The van der Waals surface area contributed by atoms with Gasteiger partial charge in [0.1, 0.15) is 0 Å². The van der Waals surface area contributed by atoms with Crippen LogP contribution >= 0.6 is 15.9 Å². The van der Waals surface area contributed by atoms with Crippen LogP contribution < -0.4 is 5.32 Å². The van der Waals surface area contributed by atoms with Gasteiger partial charge in [0.2, 0.25) is 0 Å². The normalized spacial score (nSPS) is 12.6. The highest BCUT2D eigenvalue weighted by molar-refractivity contribution is 9.10. The zero-order valence-corrected chi connectivity index (χ0v) is 12.3. The predicted molar refractivity (Wildman–Crippen MR) is 76.2 cm³/mol. The minimum atomic E-state index is 0.318. The molecule has 1 N–H and O–H groups in total. The van der Waals surface area contributed by atoms with Gasteiger partial charge in [-0.25, -0.2) is 0 Å². The first kappa shape index (κ1) is 14.7. The smallest absolute Gasteiger partial charge is 0.0721 e. The Labute approximate surface area is 113 Å². The summed E-state index contributed by atoms with van der Waals surface area (Å²) < 4.78 is 7.05. The van der Waals surface area contributed by atoms with Crippen molar-refractivity contribution >= 4 is 15.9 Å². The molecule has 1 aromatic carbocycles. The van der Waals surface area contributed by atoms with Crippen molar-refractivity contribution in [3.05, 3.63) is 34.3 Å². The molecule has 2 nitrogen and oxygen atoms in total. The molecule has 0 radical (unpaired) electrons. The Kier molecular flexibility index (Phi) is 7.49. The molecule has 0 aliphatic heterocycles. The van der Waals surface area contributed by atoms with Gasteiger partial charge in [-0.1, -0.05) is 48.3 Å². The van der Waals surface area contributed by atoms with E-state index in [-0.39, 0.29) is 0 Å². The molecule has 1 unspecified atom stereocenters. The van der Waals surface area contributed by atoms with Crippen LogP contribution in [0.1, 0.15) is 32.3 Å². The van der Waals surface area contributed by atoms with Gasteiger partial charge in [-0.15, -0.1) is 0 Å². The standard InChI is InChI=1S/C14H22BrNO/c1-3-6-14(10-16-4-2)17-11-12-7-5-8-13(15)9-12/h5,7-9,14,16H,3-4,6,10-11H2,1-2H3. The fourth-order valence-electron chi connectivity index (χ4n) is 1.71. The van der Waals surface area contributed by atoms with Crippen LogP contribution in [0, 0.1) is 0 Å². The molecule has 17 heavy (non-hydrogen) atoms. The minimum absolute atomic E-state index is 0.318. The largest absolute Gasteiger partial charge is 0.372 e. The van der Waals surface area contributed by atoms with Crippen molar-refractivity contribution in [2.45, 2.75) is 39.4 Å². The summed E-state index contributed by atoms with van der Waals surface area (Å²) >= 11 is 3.47. The number of halogens is 1. The zero-order valence-electron chi connectivity index (χ0n) is 10.7. The fraction of sp³-hybridized carbons (Fsp3) is 0.571. The molecule has 96 valence electrons. The molecule has 0 fully saturated rings. The lowest BCUT2D eigenvalue weighted by Crippen LogP contribution is -2.28. The van der Waals surface area contributed by atoms with Crippen molar-refractivity contribution in [1.82, 2.24) is 5.32 Å². The molecular formula is C14H22BrNO. The number of likely N-dealkylation sites (N-methyl/N-ethyl adjacent to an activating group) is 1. The number of hydrogen-bond acceptors (Lipinski definition) is 2. The molecule has 1 atom stereocenters. The van der Waals surface area contributed by atoms with Crippen molar-refractivity contribution < 1.29 is 4.74 Å². The van der Waals surface area contributed by atoms with E-state index in [9.17, 15) is 0 Å². The first-order valence-electron chi connectivity index (χ1n) is 6.33. The second kappa shape index (κ2) is 8.67. The summed E-state index contributed by atoms with van der Waals surface area (Å²) in [6.45, 7) is 6.95. The van der Waals surface area contributed by atoms with Gasteiger partial charge in [0.25, 0.3) is 0 Å². The highest BCUT2D eigenvalue weighted by Gasteiger charge is 2.07. The Hall–Kier alpha value is -0.380. The van der Waals surface area contributed by atoms with Gasteiger partial charge in [-0.2, -0.15) is 0 Å². The maximum absolute atomic E-state index is 5.94. The fourth-order valence-corrected chi connectivity index (χ4v) is 2.16. The van der Waals surface area contributed by atoms with E-state index >= 15 is 0 Å². The average molecular weight is 300 g/mol. The van der Waals surface area contributed by atoms with Crippen molar-refractivity contribution in [1.29, 1.82) is 0 Å². The lowest BCUT2D eigenvalue weighted by molar-refractivity contribution is 0.0351. The molecule has 1 aromatic rings. The van der Waals surface area contributed by atoms with Crippen LogP contribution in [-0.2, 0) is 11.3 Å². The molecular weight excluding hydrogens is 278 g/mol. The third kappa shape index (κ3) is 6.20. The zero-order chi connectivity index (χ0) is 12.5. The number of benzene rings is 1. The summed E-state index contributed by atoms with van der Waals surface area (Å²) in [4.78, 5) is 0. The summed E-state index contributed by atoms with van der Waals surface area (Å²) in [6, 6.07) is 8.28. The van der Waals surface area contributed by atoms with Gasteiger partial charge < -0.3 is 10.1 Å². The maximum Gasteiger partial charge on any atom is 0.0721 e. The van der Waals surface area contributed by atoms with Gasteiger partial charge in [0.15, 0.2) is 0 Å². The highest BCUT2D eigenvalue weighted by Crippen LogP contribution is 2.13. The lowest BCUT2D eigenvalue weighted by atomic mass is 10.2. The Morgan fingerprint density at radius 2 is 2.18 bits per heavy atom. The highest BCUT2D eigenvalue weighted by atomic mass is 79.9. The van der Waals surface area contributed by atoms with Crippen molar-refractivity contribution in [3.63, 3.8) is 0 Å². The second-order valence-corrected chi connectivity index (χ2v) is 5.07. The van der Waals surface area contributed by atoms with E-state index in [1.54, 1.807) is 0 Å². The van der Waals surface area contributed by atoms with Crippen molar-refractivity contribution in [2.75, 3.05) is 13.1 Å². The van der Waals surface area contributed by atoms with Gasteiger partial charge in [0, 0.05) is 11.0 Å². The topological polar surface area (TPSA) is 21.3 Å². The Morgan fingerprint density at radius 1 is 1.35 bits per heavy atom. The molecule has 0 aliphatic rings. The number of nitrogens with one attached hydrogen (secondary N) is 1. The SMILES string of the molecule is CCCC(CNCC)OCc1cccc(Br)c1. The molecule has 0 spiro atoms. The minimum Gasteiger partial charge on any atom is -0.372 e. The van der Waals surface area contributed by atoms with Crippen molar-refractivity contribution in [3.8, 4) is 0 Å². The molecule has 0 bridgehead atoms. The van der Waals surface area contributed by atoms with E-state index in [2.05, 4.69) is 47.2 Å². The molecule has 3 heteroatoms. The summed E-state index contributed by atoms with van der Waals surface area (Å²) in [5.74, 6) is 0. The molecule has 0 aromatic heterocycles. The van der Waals surface area contributed by atoms with E-state index in [1.807, 2.05) is 12.1 Å². The van der Waals surface area contributed by atoms with Crippen LogP contribution in [0.5, 0.6) is 0 Å². The third-order valence-corrected chi connectivity index (χ3v) is 3.10.